The first-order valence-electron chi connectivity index (χ1n) is 9.21. The normalized spacial score (nSPS) is 10.6. The van der Waals surface area contributed by atoms with E-state index in [1.54, 1.807) is 56.0 Å². The quantitative estimate of drug-likeness (QED) is 0.612. The second-order valence-electron chi connectivity index (χ2n) is 6.82. The molecule has 3 rings (SSSR count). The SMILES string of the molecule is CC(C)Oc1cc(C(=O)Nc2nccs2)cc(Oc2ccc(C(=O)N(C)C)cc2)n1. The van der Waals surface area contributed by atoms with E-state index >= 15 is 0 Å². The second-order valence-corrected chi connectivity index (χ2v) is 7.71. The highest BCUT2D eigenvalue weighted by atomic mass is 32.1. The first-order chi connectivity index (χ1) is 14.3. The maximum Gasteiger partial charge on any atom is 0.257 e. The highest BCUT2D eigenvalue weighted by Crippen LogP contribution is 2.25. The van der Waals surface area contributed by atoms with Crippen molar-refractivity contribution >= 4 is 28.3 Å². The van der Waals surface area contributed by atoms with Crippen LogP contribution in [0.5, 0.6) is 17.5 Å². The van der Waals surface area contributed by atoms with Crippen molar-refractivity contribution in [3.63, 3.8) is 0 Å². The third kappa shape index (κ3) is 5.54. The second kappa shape index (κ2) is 9.36. The summed E-state index contributed by atoms with van der Waals surface area (Å²) in [5.41, 5.74) is 0.867. The molecule has 0 radical (unpaired) electrons. The number of aromatic nitrogens is 2. The maximum absolute atomic E-state index is 12.6. The molecule has 156 valence electrons. The van der Waals surface area contributed by atoms with E-state index in [0.717, 1.165) is 0 Å². The molecule has 9 heteroatoms. The molecule has 2 heterocycles. The van der Waals surface area contributed by atoms with Gasteiger partial charge in [-0.05, 0) is 38.1 Å². The van der Waals surface area contributed by atoms with Crippen LogP contribution >= 0.6 is 11.3 Å². The van der Waals surface area contributed by atoms with Crippen LogP contribution in [0.2, 0.25) is 0 Å². The Hall–Kier alpha value is -3.46. The van der Waals surface area contributed by atoms with Gasteiger partial charge in [-0.1, -0.05) is 0 Å². The standard InChI is InChI=1S/C21H22N4O4S/c1-13(2)28-17-11-15(19(26)24-21-22-9-10-30-21)12-18(23-17)29-16-7-5-14(6-8-16)20(27)25(3)4/h5-13H,1-4H3,(H,22,24,26). The van der Waals surface area contributed by atoms with Crippen LogP contribution in [-0.4, -0.2) is 46.9 Å². The van der Waals surface area contributed by atoms with Gasteiger partial charge >= 0.3 is 0 Å². The van der Waals surface area contributed by atoms with E-state index in [-0.39, 0.29) is 29.7 Å². The molecule has 0 saturated carbocycles. The topological polar surface area (TPSA) is 93.7 Å². The number of anilines is 1. The van der Waals surface area contributed by atoms with Gasteiger partial charge in [-0.15, -0.1) is 11.3 Å². The summed E-state index contributed by atoms with van der Waals surface area (Å²) in [5.74, 6) is 0.493. The molecule has 8 nitrogen and oxygen atoms in total. The van der Waals surface area contributed by atoms with E-state index < -0.39 is 0 Å². The summed E-state index contributed by atoms with van der Waals surface area (Å²) in [6.45, 7) is 3.73. The maximum atomic E-state index is 12.6. The Morgan fingerprint density at radius 1 is 1.07 bits per heavy atom. The lowest BCUT2D eigenvalue weighted by Crippen LogP contribution is -2.21. The van der Waals surface area contributed by atoms with Crippen molar-refractivity contribution in [1.82, 2.24) is 14.9 Å². The smallest absolute Gasteiger partial charge is 0.257 e. The fourth-order valence-electron chi connectivity index (χ4n) is 2.47. The number of thiazole rings is 1. The molecule has 3 aromatic rings. The Balaban J connectivity index is 1.84. The third-order valence-electron chi connectivity index (χ3n) is 3.78. The third-order valence-corrected chi connectivity index (χ3v) is 4.47. The molecule has 0 aliphatic rings. The lowest BCUT2D eigenvalue weighted by atomic mass is 10.2. The van der Waals surface area contributed by atoms with Gasteiger partial charge in [-0.25, -0.2) is 4.98 Å². The van der Waals surface area contributed by atoms with Crippen LogP contribution in [0.25, 0.3) is 0 Å². The van der Waals surface area contributed by atoms with E-state index in [4.69, 9.17) is 9.47 Å². The number of benzene rings is 1. The van der Waals surface area contributed by atoms with Gasteiger partial charge in [0.15, 0.2) is 5.13 Å². The van der Waals surface area contributed by atoms with Gasteiger partial charge in [0.05, 0.1) is 11.7 Å². The van der Waals surface area contributed by atoms with Gasteiger partial charge in [0.25, 0.3) is 11.8 Å². The molecule has 0 spiro atoms. The van der Waals surface area contributed by atoms with Gasteiger partial charge in [0, 0.05) is 43.4 Å². The molecule has 1 N–H and O–H groups in total. The molecule has 0 bridgehead atoms. The molecule has 0 fully saturated rings. The number of amides is 2. The monoisotopic (exact) mass is 426 g/mol. The molecule has 0 aliphatic heterocycles. The summed E-state index contributed by atoms with van der Waals surface area (Å²) in [6, 6.07) is 9.75. The Morgan fingerprint density at radius 3 is 2.37 bits per heavy atom. The summed E-state index contributed by atoms with van der Waals surface area (Å²) in [4.78, 5) is 34.5. The van der Waals surface area contributed by atoms with Crippen LogP contribution in [0.15, 0.2) is 48.0 Å². The van der Waals surface area contributed by atoms with Crippen molar-refractivity contribution in [2.75, 3.05) is 19.4 Å². The minimum Gasteiger partial charge on any atom is -0.475 e. The van der Waals surface area contributed by atoms with E-state index in [2.05, 4.69) is 15.3 Å². The summed E-state index contributed by atoms with van der Waals surface area (Å²) < 4.78 is 11.5. The van der Waals surface area contributed by atoms with Crippen LogP contribution in [0.1, 0.15) is 34.6 Å². The van der Waals surface area contributed by atoms with Crippen LogP contribution in [0, 0.1) is 0 Å². The molecule has 0 unspecified atom stereocenters. The Kier molecular flexibility index (Phi) is 6.63. The van der Waals surface area contributed by atoms with Gasteiger partial charge < -0.3 is 14.4 Å². The van der Waals surface area contributed by atoms with Crippen molar-refractivity contribution < 1.29 is 19.1 Å². The van der Waals surface area contributed by atoms with Gasteiger partial charge in [0.2, 0.25) is 11.8 Å². The summed E-state index contributed by atoms with van der Waals surface area (Å²) in [5, 5.41) is 4.99. The molecule has 2 aromatic heterocycles. The number of nitrogens with one attached hydrogen (secondary N) is 1. The summed E-state index contributed by atoms with van der Waals surface area (Å²) in [6.07, 6.45) is 1.48. The Labute approximate surface area is 178 Å². The predicted molar refractivity (Wildman–Crippen MR) is 115 cm³/mol. The van der Waals surface area contributed by atoms with Gasteiger partial charge in [-0.2, -0.15) is 4.98 Å². The van der Waals surface area contributed by atoms with Crippen LogP contribution in [0.4, 0.5) is 5.13 Å². The van der Waals surface area contributed by atoms with E-state index in [1.165, 1.54) is 22.3 Å². The van der Waals surface area contributed by atoms with E-state index in [9.17, 15) is 9.59 Å². The lowest BCUT2D eigenvalue weighted by Gasteiger charge is -2.13. The van der Waals surface area contributed by atoms with Gasteiger partial charge in [-0.3, -0.25) is 14.9 Å². The van der Waals surface area contributed by atoms with Crippen molar-refractivity contribution in [1.29, 1.82) is 0 Å². The summed E-state index contributed by atoms with van der Waals surface area (Å²) >= 11 is 1.32. The zero-order valence-electron chi connectivity index (χ0n) is 17.1. The minimum atomic E-state index is -0.349. The average molecular weight is 426 g/mol. The van der Waals surface area contributed by atoms with Crippen molar-refractivity contribution in [3.8, 4) is 17.5 Å². The molecule has 0 aliphatic carbocycles. The number of ether oxygens (including phenoxy) is 2. The highest BCUT2D eigenvalue weighted by molar-refractivity contribution is 7.13. The number of hydrogen-bond acceptors (Lipinski definition) is 7. The number of nitrogens with zero attached hydrogens (tertiary/aromatic N) is 3. The number of rotatable bonds is 7. The molecular weight excluding hydrogens is 404 g/mol. The number of carbonyl (C=O) groups is 2. The number of hydrogen-bond donors (Lipinski definition) is 1. The van der Waals surface area contributed by atoms with Crippen molar-refractivity contribution in [3.05, 3.63) is 59.1 Å². The van der Waals surface area contributed by atoms with Crippen LogP contribution in [-0.2, 0) is 0 Å². The van der Waals surface area contributed by atoms with Crippen molar-refractivity contribution in [2.45, 2.75) is 20.0 Å². The zero-order valence-corrected chi connectivity index (χ0v) is 17.9. The lowest BCUT2D eigenvalue weighted by molar-refractivity contribution is 0.0827. The largest absolute Gasteiger partial charge is 0.475 e. The first kappa shape index (κ1) is 21.3. The number of pyridine rings is 1. The highest BCUT2D eigenvalue weighted by Gasteiger charge is 2.15. The van der Waals surface area contributed by atoms with Crippen LogP contribution < -0.4 is 14.8 Å². The Bertz CT molecular complexity index is 1020. The summed E-state index contributed by atoms with van der Waals surface area (Å²) in [7, 11) is 3.38. The fourth-order valence-corrected chi connectivity index (χ4v) is 2.99. The molecular formula is C21H22N4O4S. The van der Waals surface area contributed by atoms with E-state index in [0.29, 0.717) is 22.0 Å². The Morgan fingerprint density at radius 2 is 1.77 bits per heavy atom. The molecule has 1 aromatic carbocycles. The van der Waals surface area contributed by atoms with Crippen LogP contribution in [0.3, 0.4) is 0 Å². The van der Waals surface area contributed by atoms with E-state index in [1.807, 2.05) is 13.8 Å². The first-order valence-corrected chi connectivity index (χ1v) is 10.1. The molecule has 0 saturated heterocycles. The molecule has 0 atom stereocenters. The number of carbonyl (C=O) groups excluding carboxylic acids is 2. The average Bonchev–Trinajstić information content (AvgIpc) is 3.20. The fraction of sp³-hybridized carbons (Fsp3) is 0.238. The predicted octanol–water partition coefficient (Wildman–Crippen LogP) is 4.07. The molecule has 30 heavy (non-hydrogen) atoms. The van der Waals surface area contributed by atoms with Gasteiger partial charge in [0.1, 0.15) is 5.75 Å². The minimum absolute atomic E-state index is 0.104. The van der Waals surface area contributed by atoms with Crippen molar-refractivity contribution in [2.24, 2.45) is 0 Å². The molecule has 2 amide bonds. The zero-order chi connectivity index (χ0) is 21.7.